The zero-order valence-corrected chi connectivity index (χ0v) is 22.9. The molecule has 194 valence electrons. The van der Waals surface area contributed by atoms with Gasteiger partial charge in [-0.3, -0.25) is 9.79 Å². The first-order chi connectivity index (χ1) is 17.8. The van der Waals surface area contributed by atoms with Crippen LogP contribution in [0.1, 0.15) is 54.9 Å². The van der Waals surface area contributed by atoms with Crippen molar-refractivity contribution in [1.82, 2.24) is 9.80 Å². The van der Waals surface area contributed by atoms with Gasteiger partial charge in [0.25, 0.3) is 5.91 Å². The van der Waals surface area contributed by atoms with Crippen LogP contribution in [0, 0.1) is 6.92 Å². The summed E-state index contributed by atoms with van der Waals surface area (Å²) < 4.78 is 0. The van der Waals surface area contributed by atoms with Crippen LogP contribution in [0.25, 0.3) is 11.3 Å². The second-order valence-electron chi connectivity index (χ2n) is 9.49. The van der Waals surface area contributed by atoms with Crippen molar-refractivity contribution in [1.29, 1.82) is 0 Å². The molecule has 0 aliphatic carbocycles. The number of rotatable bonds is 9. The molecule has 1 saturated heterocycles. The first-order valence-corrected chi connectivity index (χ1v) is 12.9. The van der Waals surface area contributed by atoms with E-state index < -0.39 is 0 Å². The Hall–Kier alpha value is -3.86. The number of hydrogen-bond donors (Lipinski definition) is 1. The van der Waals surface area contributed by atoms with Crippen molar-refractivity contribution in [3.8, 4) is 0 Å². The molecule has 5 heteroatoms. The van der Waals surface area contributed by atoms with Crippen molar-refractivity contribution in [2.45, 2.75) is 39.5 Å². The van der Waals surface area contributed by atoms with E-state index >= 15 is 0 Å². The fourth-order valence-corrected chi connectivity index (χ4v) is 4.67. The molecule has 0 radical (unpaired) electrons. The molecular formula is C32H40N4O. The SMILES string of the molecule is C=C(C(=O)Nc1cc(C(=C)N2CCC(c3ccc(C(/C=N\C)=C/C)cc3)CC2)ccc1C)N(C)/C=C\C. The van der Waals surface area contributed by atoms with Crippen LogP contribution in [0.5, 0.6) is 0 Å². The summed E-state index contributed by atoms with van der Waals surface area (Å²) in [7, 11) is 3.61. The van der Waals surface area contributed by atoms with Gasteiger partial charge in [-0.1, -0.05) is 61.7 Å². The standard InChI is InChI=1S/C32H40N4O/c1-8-18-35(7)25(5)32(37)34-31-21-30(11-10-23(31)3)24(4)36-19-16-29(17-20-36)28-14-12-27(13-15-28)26(9-2)22-33-6/h8-15,18,21-22,29H,4-5,16-17,19-20H2,1-3,6-7H3,(H,34,37)/b18-8-,26-9+,33-22-. The van der Waals surface area contributed by atoms with Crippen LogP contribution in [-0.2, 0) is 4.79 Å². The molecular weight excluding hydrogens is 456 g/mol. The number of hydrogen-bond acceptors (Lipinski definition) is 4. The number of amides is 1. The average molecular weight is 497 g/mol. The Morgan fingerprint density at radius 1 is 1.08 bits per heavy atom. The smallest absolute Gasteiger partial charge is 0.271 e. The largest absolute Gasteiger partial charge is 0.371 e. The van der Waals surface area contributed by atoms with Gasteiger partial charge in [-0.15, -0.1) is 0 Å². The second kappa shape index (κ2) is 12.9. The maximum Gasteiger partial charge on any atom is 0.271 e. The second-order valence-corrected chi connectivity index (χ2v) is 9.49. The van der Waals surface area contributed by atoms with Crippen molar-refractivity contribution in [3.05, 3.63) is 102 Å². The van der Waals surface area contributed by atoms with Crippen molar-refractivity contribution in [2.24, 2.45) is 4.99 Å². The van der Waals surface area contributed by atoms with E-state index in [0.717, 1.165) is 54.0 Å². The zero-order chi connectivity index (χ0) is 26.9. The Balaban J connectivity index is 1.64. The molecule has 1 heterocycles. The number of allylic oxidation sites excluding steroid dienone is 3. The van der Waals surface area contributed by atoms with Crippen molar-refractivity contribution in [3.63, 3.8) is 0 Å². The maximum absolute atomic E-state index is 12.7. The van der Waals surface area contributed by atoms with Crippen LogP contribution >= 0.6 is 0 Å². The van der Waals surface area contributed by atoms with Gasteiger partial charge in [0.1, 0.15) is 0 Å². The van der Waals surface area contributed by atoms with Crippen LogP contribution < -0.4 is 5.32 Å². The molecule has 0 saturated carbocycles. The molecule has 1 aliphatic heterocycles. The van der Waals surface area contributed by atoms with E-state index in [0.29, 0.717) is 11.6 Å². The third kappa shape index (κ3) is 6.88. The molecule has 2 aromatic rings. The summed E-state index contributed by atoms with van der Waals surface area (Å²) >= 11 is 0. The monoisotopic (exact) mass is 496 g/mol. The van der Waals surface area contributed by atoms with E-state index in [4.69, 9.17) is 0 Å². The number of anilines is 1. The number of piperidine rings is 1. The van der Waals surface area contributed by atoms with E-state index in [9.17, 15) is 4.79 Å². The van der Waals surface area contributed by atoms with E-state index in [1.165, 1.54) is 11.1 Å². The maximum atomic E-state index is 12.7. The number of carbonyl (C=O) groups excluding carboxylic acids is 1. The van der Waals surface area contributed by atoms with E-state index in [-0.39, 0.29) is 5.91 Å². The number of carbonyl (C=O) groups is 1. The molecule has 1 N–H and O–H groups in total. The average Bonchev–Trinajstić information content (AvgIpc) is 2.92. The molecule has 1 aliphatic rings. The van der Waals surface area contributed by atoms with Gasteiger partial charge in [0.2, 0.25) is 0 Å². The molecule has 5 nitrogen and oxygen atoms in total. The van der Waals surface area contributed by atoms with Crippen molar-refractivity contribution in [2.75, 3.05) is 32.5 Å². The predicted octanol–water partition coefficient (Wildman–Crippen LogP) is 6.87. The number of nitrogens with zero attached hydrogens (tertiary/aromatic N) is 3. The number of aliphatic imine (C=N–C) groups is 1. The Kier molecular flexibility index (Phi) is 9.67. The van der Waals surface area contributed by atoms with E-state index in [1.807, 2.05) is 58.4 Å². The summed E-state index contributed by atoms with van der Waals surface area (Å²) in [4.78, 5) is 20.9. The summed E-state index contributed by atoms with van der Waals surface area (Å²) in [6.45, 7) is 16.2. The fourth-order valence-electron chi connectivity index (χ4n) is 4.67. The molecule has 37 heavy (non-hydrogen) atoms. The van der Waals surface area contributed by atoms with Crippen molar-refractivity contribution < 1.29 is 4.79 Å². The molecule has 3 rings (SSSR count). The lowest BCUT2D eigenvalue weighted by atomic mass is 9.88. The molecule has 1 amide bonds. The zero-order valence-electron chi connectivity index (χ0n) is 22.9. The summed E-state index contributed by atoms with van der Waals surface area (Å²) in [5.41, 5.74) is 7.91. The summed E-state index contributed by atoms with van der Waals surface area (Å²) in [5, 5.41) is 3.01. The molecule has 1 fully saturated rings. The highest BCUT2D eigenvalue weighted by molar-refractivity contribution is 6.09. The van der Waals surface area contributed by atoms with Crippen LogP contribution in [0.2, 0.25) is 0 Å². The normalized spacial score (nSPS) is 14.8. The van der Waals surface area contributed by atoms with Crippen LogP contribution in [0.15, 0.2) is 84.7 Å². The third-order valence-electron chi connectivity index (χ3n) is 7.05. The molecule has 0 aromatic heterocycles. The lowest BCUT2D eigenvalue weighted by Gasteiger charge is -2.35. The minimum Gasteiger partial charge on any atom is -0.371 e. The fraction of sp³-hybridized carbons (Fsp3) is 0.312. The molecule has 0 spiro atoms. The van der Waals surface area contributed by atoms with Gasteiger partial charge >= 0.3 is 0 Å². The highest BCUT2D eigenvalue weighted by atomic mass is 16.2. The Bertz CT molecular complexity index is 1210. The summed E-state index contributed by atoms with van der Waals surface area (Å²) in [6, 6.07) is 15.0. The minimum atomic E-state index is -0.221. The van der Waals surface area contributed by atoms with E-state index in [1.54, 1.807) is 11.9 Å². The number of benzene rings is 2. The number of likely N-dealkylation sites (N-methyl/N-ethyl adjacent to an activating group) is 1. The first kappa shape index (κ1) is 27.7. The lowest BCUT2D eigenvalue weighted by Crippen LogP contribution is -2.31. The van der Waals surface area contributed by atoms with Gasteiger partial charge in [0.15, 0.2) is 0 Å². The predicted molar refractivity (Wildman–Crippen MR) is 159 cm³/mol. The van der Waals surface area contributed by atoms with Gasteiger partial charge in [0, 0.05) is 44.8 Å². The van der Waals surface area contributed by atoms with Gasteiger partial charge < -0.3 is 15.1 Å². The van der Waals surface area contributed by atoms with Crippen LogP contribution in [0.3, 0.4) is 0 Å². The Labute approximate surface area is 222 Å². The molecule has 0 bridgehead atoms. The number of aryl methyl sites for hydroxylation is 1. The molecule has 0 atom stereocenters. The van der Waals surface area contributed by atoms with Gasteiger partial charge in [-0.05, 0) is 79.6 Å². The molecule has 2 aromatic carbocycles. The number of likely N-dealkylation sites (tertiary alicyclic amines) is 1. The van der Waals surface area contributed by atoms with Crippen LogP contribution in [-0.4, -0.2) is 49.1 Å². The summed E-state index contributed by atoms with van der Waals surface area (Å²) in [5.74, 6) is 0.321. The topological polar surface area (TPSA) is 47.9 Å². The highest BCUT2D eigenvalue weighted by Crippen LogP contribution is 2.33. The first-order valence-electron chi connectivity index (χ1n) is 12.9. The minimum absolute atomic E-state index is 0.221. The van der Waals surface area contributed by atoms with E-state index in [2.05, 4.69) is 64.8 Å². The Morgan fingerprint density at radius 3 is 2.32 bits per heavy atom. The van der Waals surface area contributed by atoms with Gasteiger partial charge in [-0.25, -0.2) is 0 Å². The quantitative estimate of drug-likeness (QED) is 0.304. The van der Waals surface area contributed by atoms with Gasteiger partial charge in [0.05, 0.1) is 5.70 Å². The lowest BCUT2D eigenvalue weighted by molar-refractivity contribution is -0.113. The van der Waals surface area contributed by atoms with Crippen LogP contribution in [0.4, 0.5) is 5.69 Å². The Morgan fingerprint density at radius 2 is 1.73 bits per heavy atom. The highest BCUT2D eigenvalue weighted by Gasteiger charge is 2.22. The number of nitrogens with one attached hydrogen (secondary N) is 1. The van der Waals surface area contributed by atoms with Gasteiger partial charge in [-0.2, -0.15) is 0 Å². The molecule has 0 unspecified atom stereocenters. The van der Waals surface area contributed by atoms with Crippen molar-refractivity contribution >= 4 is 29.1 Å². The summed E-state index contributed by atoms with van der Waals surface area (Å²) in [6.07, 6.45) is 9.84. The third-order valence-corrected chi connectivity index (χ3v) is 7.05.